The van der Waals surface area contributed by atoms with Crippen molar-refractivity contribution in [3.63, 3.8) is 0 Å². The molecule has 0 aliphatic heterocycles. The fourth-order valence-corrected chi connectivity index (χ4v) is 8.16. The van der Waals surface area contributed by atoms with Crippen LogP contribution in [0.25, 0.3) is 88.4 Å². The third-order valence-corrected chi connectivity index (χ3v) is 10.5. The molecular weight excluding hydrogens is 595 g/mol. The van der Waals surface area contributed by atoms with Crippen LogP contribution in [-0.4, -0.2) is 15.0 Å². The first-order chi connectivity index (χ1) is 24.0. The van der Waals surface area contributed by atoms with Crippen molar-refractivity contribution in [3.05, 3.63) is 163 Å². The molecule has 0 unspecified atom stereocenters. The number of aromatic nitrogens is 3. The maximum atomic E-state index is 5.22. The Hall–Kier alpha value is -6.19. The lowest BCUT2D eigenvalue weighted by atomic mass is 9.80. The molecule has 3 heteroatoms. The average Bonchev–Trinajstić information content (AvgIpc) is 3.40. The van der Waals surface area contributed by atoms with E-state index in [9.17, 15) is 0 Å². The molecule has 230 valence electrons. The molecule has 8 aromatic carbocycles. The summed E-state index contributed by atoms with van der Waals surface area (Å²) in [4.78, 5) is 15.4. The molecule has 0 N–H and O–H groups in total. The first kappa shape index (κ1) is 27.9. The molecule has 1 aromatic heterocycles. The zero-order valence-electron chi connectivity index (χ0n) is 27.3. The number of fused-ring (bicyclic) bond motifs is 10. The Morgan fingerprint density at radius 1 is 0.367 bits per heavy atom. The van der Waals surface area contributed by atoms with Gasteiger partial charge in [-0.15, -0.1) is 0 Å². The summed E-state index contributed by atoms with van der Waals surface area (Å²) in [6.45, 7) is 4.61. The number of nitrogens with zero attached hydrogens (tertiary/aromatic N) is 3. The molecule has 49 heavy (non-hydrogen) atoms. The first-order valence-corrected chi connectivity index (χ1v) is 16.9. The Bertz CT molecular complexity index is 2800. The zero-order valence-corrected chi connectivity index (χ0v) is 27.3. The summed E-state index contributed by atoms with van der Waals surface area (Å²) >= 11 is 0. The van der Waals surface area contributed by atoms with E-state index in [2.05, 4.69) is 147 Å². The van der Waals surface area contributed by atoms with Gasteiger partial charge in [-0.05, 0) is 71.4 Å². The predicted octanol–water partition coefficient (Wildman–Crippen LogP) is 11.8. The van der Waals surface area contributed by atoms with Crippen LogP contribution in [0.5, 0.6) is 0 Å². The fraction of sp³-hybridized carbons (Fsp3) is 0.0652. The van der Waals surface area contributed by atoms with Gasteiger partial charge in [0.15, 0.2) is 17.5 Å². The lowest BCUT2D eigenvalue weighted by Crippen LogP contribution is -2.17. The van der Waals surface area contributed by atoms with Gasteiger partial charge in [0.05, 0.1) is 0 Å². The van der Waals surface area contributed by atoms with Crippen LogP contribution in [-0.2, 0) is 5.41 Å². The van der Waals surface area contributed by atoms with Crippen molar-refractivity contribution in [1.82, 2.24) is 15.0 Å². The molecule has 0 spiro atoms. The minimum atomic E-state index is -0.192. The van der Waals surface area contributed by atoms with Gasteiger partial charge in [0.1, 0.15) is 0 Å². The number of rotatable bonds is 3. The summed E-state index contributed by atoms with van der Waals surface area (Å²) in [6, 6.07) is 54.3. The highest BCUT2D eigenvalue weighted by Crippen LogP contribution is 2.51. The van der Waals surface area contributed by atoms with Crippen LogP contribution >= 0.6 is 0 Å². The van der Waals surface area contributed by atoms with E-state index in [0.29, 0.717) is 17.5 Å². The molecule has 1 aliphatic carbocycles. The predicted molar refractivity (Wildman–Crippen MR) is 204 cm³/mol. The topological polar surface area (TPSA) is 38.7 Å². The van der Waals surface area contributed by atoms with E-state index in [1.807, 2.05) is 18.2 Å². The van der Waals surface area contributed by atoms with Crippen LogP contribution in [0.2, 0.25) is 0 Å². The lowest BCUT2D eigenvalue weighted by molar-refractivity contribution is 0.661. The molecular formula is C46H31N3. The standard InChI is InChI=1S/C46H31N3/c1-46(2)41-18-9-8-15-38(41)39-16-10-17-40(42(39)46)45-48-43(29-12-4-3-5-13-29)47-44(49-45)31-21-22-33-30(27-31)20-24-37-35(33)26-25-34-32-14-7-6-11-28(32)19-23-36(34)37/h3-27H,1-2H3. The fourth-order valence-electron chi connectivity index (χ4n) is 8.16. The van der Waals surface area contributed by atoms with Crippen molar-refractivity contribution in [1.29, 1.82) is 0 Å². The largest absolute Gasteiger partial charge is 0.208 e. The van der Waals surface area contributed by atoms with E-state index < -0.39 is 0 Å². The van der Waals surface area contributed by atoms with Gasteiger partial charge >= 0.3 is 0 Å². The maximum Gasteiger partial charge on any atom is 0.164 e. The van der Waals surface area contributed by atoms with Gasteiger partial charge in [-0.1, -0.05) is 159 Å². The summed E-state index contributed by atoms with van der Waals surface area (Å²) in [7, 11) is 0. The normalized spacial score (nSPS) is 13.3. The minimum absolute atomic E-state index is 0.192. The van der Waals surface area contributed by atoms with Gasteiger partial charge in [-0.25, -0.2) is 15.0 Å². The third-order valence-electron chi connectivity index (χ3n) is 10.5. The van der Waals surface area contributed by atoms with Gasteiger partial charge < -0.3 is 0 Å². The highest BCUT2D eigenvalue weighted by Gasteiger charge is 2.38. The van der Waals surface area contributed by atoms with Gasteiger partial charge in [-0.2, -0.15) is 0 Å². The summed E-state index contributed by atoms with van der Waals surface area (Å²) < 4.78 is 0. The van der Waals surface area contributed by atoms with Crippen LogP contribution < -0.4 is 0 Å². The highest BCUT2D eigenvalue weighted by atomic mass is 15.0. The molecule has 0 bridgehead atoms. The number of hydrogen-bond donors (Lipinski definition) is 0. The first-order valence-electron chi connectivity index (χ1n) is 16.9. The summed E-state index contributed by atoms with van der Waals surface area (Å²) in [5, 5.41) is 9.99. The van der Waals surface area contributed by atoms with E-state index in [4.69, 9.17) is 15.0 Å². The van der Waals surface area contributed by atoms with Gasteiger partial charge in [0.25, 0.3) is 0 Å². The van der Waals surface area contributed by atoms with Crippen molar-refractivity contribution >= 4 is 43.1 Å². The Balaban J connectivity index is 1.16. The number of hydrogen-bond acceptors (Lipinski definition) is 3. The summed E-state index contributed by atoms with van der Waals surface area (Å²) in [5.41, 5.74) is 7.91. The Labute approximate surface area is 284 Å². The average molecular weight is 626 g/mol. The molecule has 0 saturated carbocycles. The number of benzene rings is 8. The van der Waals surface area contributed by atoms with Gasteiger partial charge in [-0.3, -0.25) is 0 Å². The second-order valence-corrected chi connectivity index (χ2v) is 13.6. The zero-order chi connectivity index (χ0) is 32.7. The van der Waals surface area contributed by atoms with Crippen molar-refractivity contribution < 1.29 is 0 Å². The lowest BCUT2D eigenvalue weighted by Gasteiger charge is -2.24. The van der Waals surface area contributed by atoms with Crippen molar-refractivity contribution in [3.8, 4) is 45.3 Å². The molecule has 1 aliphatic rings. The Morgan fingerprint density at radius 3 is 1.73 bits per heavy atom. The SMILES string of the molecule is CC1(C)c2ccccc2-c2cccc(-c3nc(-c4ccccc4)nc(-c4ccc5c(ccc6c5ccc5c7ccccc7ccc56)c4)n3)c21. The molecule has 10 rings (SSSR count). The maximum absolute atomic E-state index is 5.22. The van der Waals surface area contributed by atoms with Crippen molar-refractivity contribution in [2.45, 2.75) is 19.3 Å². The molecule has 9 aromatic rings. The van der Waals surface area contributed by atoms with E-state index in [1.165, 1.54) is 60.0 Å². The third kappa shape index (κ3) is 4.19. The van der Waals surface area contributed by atoms with Gasteiger partial charge in [0.2, 0.25) is 0 Å². The quantitative estimate of drug-likeness (QED) is 0.183. The van der Waals surface area contributed by atoms with E-state index in [-0.39, 0.29) is 5.41 Å². The monoisotopic (exact) mass is 625 g/mol. The molecule has 3 nitrogen and oxygen atoms in total. The summed E-state index contributed by atoms with van der Waals surface area (Å²) in [6.07, 6.45) is 0. The molecule has 0 atom stereocenters. The van der Waals surface area contributed by atoms with E-state index in [0.717, 1.165) is 22.1 Å². The molecule has 0 saturated heterocycles. The molecule has 0 radical (unpaired) electrons. The van der Waals surface area contributed by atoms with Crippen LogP contribution in [0.4, 0.5) is 0 Å². The van der Waals surface area contributed by atoms with Crippen molar-refractivity contribution in [2.75, 3.05) is 0 Å². The molecule has 0 amide bonds. The van der Waals surface area contributed by atoms with Crippen LogP contribution in [0.15, 0.2) is 152 Å². The second-order valence-electron chi connectivity index (χ2n) is 13.6. The van der Waals surface area contributed by atoms with Crippen LogP contribution in [0, 0.1) is 0 Å². The second kappa shape index (κ2) is 10.4. The summed E-state index contributed by atoms with van der Waals surface area (Å²) in [5.74, 6) is 2.03. The minimum Gasteiger partial charge on any atom is -0.208 e. The van der Waals surface area contributed by atoms with Crippen molar-refractivity contribution in [2.24, 2.45) is 0 Å². The Kier molecular flexibility index (Phi) is 5.92. The highest BCUT2D eigenvalue weighted by molar-refractivity contribution is 6.22. The van der Waals surface area contributed by atoms with E-state index in [1.54, 1.807) is 0 Å². The molecule has 0 fully saturated rings. The Morgan fingerprint density at radius 2 is 0.918 bits per heavy atom. The van der Waals surface area contributed by atoms with Gasteiger partial charge in [0, 0.05) is 22.1 Å². The van der Waals surface area contributed by atoms with E-state index >= 15 is 0 Å². The molecule has 1 heterocycles. The van der Waals surface area contributed by atoms with Crippen LogP contribution in [0.3, 0.4) is 0 Å². The van der Waals surface area contributed by atoms with Crippen LogP contribution in [0.1, 0.15) is 25.0 Å². The smallest absolute Gasteiger partial charge is 0.164 e.